The first-order valence-corrected chi connectivity index (χ1v) is 10.7. The summed E-state index contributed by atoms with van der Waals surface area (Å²) in [6.07, 6.45) is 0.446. The average Bonchev–Trinajstić information content (AvgIpc) is 3.08. The zero-order valence-corrected chi connectivity index (χ0v) is 16.1. The molecule has 0 saturated carbocycles. The summed E-state index contributed by atoms with van der Waals surface area (Å²) in [6, 6.07) is 9.61. The van der Waals surface area contributed by atoms with Crippen LogP contribution in [-0.2, 0) is 9.84 Å². The van der Waals surface area contributed by atoms with Crippen molar-refractivity contribution >= 4 is 27.1 Å². The Morgan fingerprint density at radius 3 is 2.54 bits per heavy atom. The number of sulfone groups is 1. The van der Waals surface area contributed by atoms with Gasteiger partial charge in [0.15, 0.2) is 15.7 Å². The molecule has 10 heteroatoms. The lowest BCUT2D eigenvalue weighted by molar-refractivity contribution is 0.243. The third kappa shape index (κ3) is 3.29. The van der Waals surface area contributed by atoms with Gasteiger partial charge in [-0.15, -0.1) is 5.10 Å². The lowest BCUT2D eigenvalue weighted by Crippen LogP contribution is -2.50. The van der Waals surface area contributed by atoms with Crippen LogP contribution >= 0.6 is 0 Å². The number of benzene rings is 1. The third-order valence-corrected chi connectivity index (χ3v) is 6.09. The van der Waals surface area contributed by atoms with E-state index in [1.165, 1.54) is 6.26 Å². The molecule has 0 spiro atoms. The van der Waals surface area contributed by atoms with E-state index in [-0.39, 0.29) is 4.90 Å². The van der Waals surface area contributed by atoms with Crippen LogP contribution in [0.2, 0.25) is 0 Å². The van der Waals surface area contributed by atoms with Crippen LogP contribution in [0.4, 0.5) is 16.2 Å². The Bertz CT molecular complexity index is 1130. The molecule has 0 radical (unpaired) electrons. The van der Waals surface area contributed by atoms with Crippen molar-refractivity contribution in [3.05, 3.63) is 36.4 Å². The van der Waals surface area contributed by atoms with Crippen LogP contribution in [0.25, 0.3) is 16.8 Å². The molecule has 1 aliphatic heterocycles. The molecule has 1 saturated heterocycles. The first kappa shape index (κ1) is 18.6. The van der Waals surface area contributed by atoms with E-state index < -0.39 is 22.1 Å². The van der Waals surface area contributed by atoms with Crippen molar-refractivity contribution in [1.29, 1.82) is 0 Å². The first-order chi connectivity index (χ1) is 13.2. The van der Waals surface area contributed by atoms with Crippen LogP contribution in [0.15, 0.2) is 41.3 Å². The van der Waals surface area contributed by atoms with E-state index in [9.17, 15) is 12.8 Å². The van der Waals surface area contributed by atoms with Crippen LogP contribution in [0.3, 0.4) is 0 Å². The van der Waals surface area contributed by atoms with E-state index in [0.29, 0.717) is 36.8 Å². The SMILES string of the molecule is CS(=O)(=O)c1ccc(-c2ccc3c(N)nc(N4CCC(F)C(N)C4)nn23)cc1. The Kier molecular flexibility index (Phi) is 4.47. The molecule has 3 heterocycles. The standard InChI is InChI=1S/C18H21FN6O2S/c1-28(26,27)12-4-2-11(3-5-12)15-6-7-16-17(21)22-18(23-25(15)16)24-9-8-13(19)14(20)10-24/h2-7,13-14H,8-10,20H2,1H3,(H2,21,22,23). The topological polar surface area (TPSA) is 120 Å². The summed E-state index contributed by atoms with van der Waals surface area (Å²) in [4.78, 5) is 6.42. The van der Waals surface area contributed by atoms with Gasteiger partial charge >= 0.3 is 0 Å². The molecule has 2 unspecified atom stereocenters. The van der Waals surface area contributed by atoms with Crippen molar-refractivity contribution in [2.75, 3.05) is 30.0 Å². The molecule has 2 atom stereocenters. The molecule has 0 aliphatic carbocycles. The zero-order valence-electron chi connectivity index (χ0n) is 15.3. The van der Waals surface area contributed by atoms with Gasteiger partial charge < -0.3 is 16.4 Å². The second-order valence-corrected chi connectivity index (χ2v) is 9.04. The number of rotatable bonds is 3. The normalized spacial score (nSPS) is 20.6. The fourth-order valence-electron chi connectivity index (χ4n) is 3.37. The molecule has 1 aliphatic rings. The van der Waals surface area contributed by atoms with E-state index in [4.69, 9.17) is 11.5 Å². The predicted octanol–water partition coefficient (Wildman–Crippen LogP) is 1.26. The van der Waals surface area contributed by atoms with Crippen molar-refractivity contribution in [1.82, 2.24) is 14.6 Å². The van der Waals surface area contributed by atoms with Crippen molar-refractivity contribution in [2.24, 2.45) is 5.73 Å². The highest BCUT2D eigenvalue weighted by atomic mass is 32.2. The number of halogens is 1. The number of hydrogen-bond acceptors (Lipinski definition) is 7. The summed E-state index contributed by atoms with van der Waals surface area (Å²) < 4.78 is 38.7. The largest absolute Gasteiger partial charge is 0.382 e. The van der Waals surface area contributed by atoms with Gasteiger partial charge in [-0.1, -0.05) is 12.1 Å². The van der Waals surface area contributed by atoms with Crippen LogP contribution < -0.4 is 16.4 Å². The van der Waals surface area contributed by atoms with E-state index in [0.717, 1.165) is 11.3 Å². The third-order valence-electron chi connectivity index (χ3n) is 4.96. The maximum absolute atomic E-state index is 13.7. The van der Waals surface area contributed by atoms with Crippen LogP contribution in [0.5, 0.6) is 0 Å². The van der Waals surface area contributed by atoms with E-state index in [1.54, 1.807) is 34.8 Å². The molecule has 8 nitrogen and oxygen atoms in total. The minimum Gasteiger partial charge on any atom is -0.382 e. The number of nitrogens with zero attached hydrogens (tertiary/aromatic N) is 4. The maximum atomic E-state index is 13.7. The highest BCUT2D eigenvalue weighted by Crippen LogP contribution is 2.27. The Balaban J connectivity index is 1.75. The Morgan fingerprint density at radius 1 is 1.18 bits per heavy atom. The molecular formula is C18H21FN6O2S. The van der Waals surface area contributed by atoms with Crippen LogP contribution in [0.1, 0.15) is 6.42 Å². The van der Waals surface area contributed by atoms with Crippen molar-refractivity contribution in [3.8, 4) is 11.3 Å². The Labute approximate surface area is 161 Å². The van der Waals surface area contributed by atoms with Gasteiger partial charge in [-0.05, 0) is 30.7 Å². The number of aromatic nitrogens is 3. The van der Waals surface area contributed by atoms with E-state index >= 15 is 0 Å². The number of anilines is 2. The van der Waals surface area contributed by atoms with Gasteiger partial charge in [-0.3, -0.25) is 0 Å². The fourth-order valence-corrected chi connectivity index (χ4v) is 4.00. The van der Waals surface area contributed by atoms with Gasteiger partial charge in [0.25, 0.3) is 0 Å². The highest BCUT2D eigenvalue weighted by molar-refractivity contribution is 7.90. The number of piperidine rings is 1. The summed E-state index contributed by atoms with van der Waals surface area (Å²) in [7, 11) is -3.27. The summed E-state index contributed by atoms with van der Waals surface area (Å²) >= 11 is 0. The van der Waals surface area contributed by atoms with Gasteiger partial charge in [-0.25, -0.2) is 17.3 Å². The number of hydrogen-bond donors (Lipinski definition) is 2. The molecule has 3 aromatic rings. The number of alkyl halides is 1. The second kappa shape index (κ2) is 6.71. The molecule has 1 fully saturated rings. The van der Waals surface area contributed by atoms with Gasteiger partial charge in [0, 0.05) is 24.9 Å². The highest BCUT2D eigenvalue weighted by Gasteiger charge is 2.28. The van der Waals surface area contributed by atoms with Crippen LogP contribution in [0, 0.1) is 0 Å². The van der Waals surface area contributed by atoms with E-state index in [2.05, 4.69) is 10.1 Å². The van der Waals surface area contributed by atoms with Gasteiger partial charge in [-0.2, -0.15) is 4.98 Å². The molecule has 148 valence electrons. The molecule has 28 heavy (non-hydrogen) atoms. The molecular weight excluding hydrogens is 383 g/mol. The van der Waals surface area contributed by atoms with Crippen LogP contribution in [-0.4, -0.2) is 54.6 Å². The quantitative estimate of drug-likeness (QED) is 0.674. The first-order valence-electron chi connectivity index (χ1n) is 8.84. The fraction of sp³-hybridized carbons (Fsp3) is 0.333. The molecule has 4 N–H and O–H groups in total. The van der Waals surface area contributed by atoms with Crippen molar-refractivity contribution < 1.29 is 12.8 Å². The van der Waals surface area contributed by atoms with Gasteiger partial charge in [0.1, 0.15) is 11.7 Å². The smallest absolute Gasteiger partial charge is 0.245 e. The number of fused-ring (bicyclic) bond motifs is 1. The summed E-state index contributed by atoms with van der Waals surface area (Å²) in [5, 5.41) is 4.58. The second-order valence-electron chi connectivity index (χ2n) is 7.02. The average molecular weight is 404 g/mol. The lowest BCUT2D eigenvalue weighted by atomic mass is 10.1. The van der Waals surface area contributed by atoms with E-state index in [1.807, 2.05) is 11.0 Å². The molecule has 0 bridgehead atoms. The van der Waals surface area contributed by atoms with Crippen molar-refractivity contribution in [3.63, 3.8) is 0 Å². The number of nitrogen functional groups attached to an aromatic ring is 1. The van der Waals surface area contributed by atoms with Gasteiger partial charge in [0.2, 0.25) is 5.95 Å². The lowest BCUT2D eigenvalue weighted by Gasteiger charge is -2.33. The summed E-state index contributed by atoms with van der Waals surface area (Å²) in [6.45, 7) is 0.769. The Morgan fingerprint density at radius 2 is 1.89 bits per heavy atom. The molecule has 1 aromatic carbocycles. The minimum absolute atomic E-state index is 0.245. The zero-order chi connectivity index (χ0) is 20.1. The minimum atomic E-state index is -3.27. The van der Waals surface area contributed by atoms with Gasteiger partial charge in [0.05, 0.1) is 16.6 Å². The predicted molar refractivity (Wildman–Crippen MR) is 106 cm³/mol. The maximum Gasteiger partial charge on any atom is 0.245 e. The monoisotopic (exact) mass is 404 g/mol. The Hall–Kier alpha value is -2.72. The molecule has 0 amide bonds. The van der Waals surface area contributed by atoms with Crippen molar-refractivity contribution in [2.45, 2.75) is 23.5 Å². The number of nitrogens with two attached hydrogens (primary N) is 2. The summed E-state index contributed by atoms with van der Waals surface area (Å²) in [5.74, 6) is 0.692. The molecule has 2 aromatic heterocycles. The molecule has 4 rings (SSSR count). The summed E-state index contributed by atoms with van der Waals surface area (Å²) in [5.41, 5.74) is 14.1.